The summed E-state index contributed by atoms with van der Waals surface area (Å²) in [6.07, 6.45) is 3.79. The second-order valence-corrected chi connectivity index (χ2v) is 5.72. The lowest BCUT2D eigenvalue weighted by Gasteiger charge is -2.29. The number of rotatable bonds is 7. The number of nitrogens with zero attached hydrogens (tertiary/aromatic N) is 2. The number of likely N-dealkylation sites (tertiary alicyclic amines) is 1. The molecule has 0 aromatic heterocycles. The van der Waals surface area contributed by atoms with Gasteiger partial charge in [0.25, 0.3) is 0 Å². The predicted molar refractivity (Wildman–Crippen MR) is 84.1 cm³/mol. The van der Waals surface area contributed by atoms with E-state index in [-0.39, 0.29) is 0 Å². The van der Waals surface area contributed by atoms with Gasteiger partial charge < -0.3 is 15.0 Å². The van der Waals surface area contributed by atoms with Crippen molar-refractivity contribution in [2.24, 2.45) is 0 Å². The van der Waals surface area contributed by atoms with Gasteiger partial charge in [-0.1, -0.05) is 12.1 Å². The van der Waals surface area contributed by atoms with E-state index in [9.17, 15) is 0 Å². The zero-order valence-corrected chi connectivity index (χ0v) is 12.8. The van der Waals surface area contributed by atoms with Crippen LogP contribution in [0.3, 0.4) is 0 Å². The molecule has 0 saturated carbocycles. The first kappa shape index (κ1) is 15.8. The fourth-order valence-corrected chi connectivity index (χ4v) is 2.56. The number of hydrogen-bond acceptors (Lipinski definition) is 4. The quantitative estimate of drug-likeness (QED) is 0.783. The Kier molecular flexibility index (Phi) is 6.52. The van der Waals surface area contributed by atoms with Gasteiger partial charge in [0.1, 0.15) is 5.75 Å². The number of piperidine rings is 1. The predicted octanol–water partition coefficient (Wildman–Crippen LogP) is 2.55. The van der Waals surface area contributed by atoms with Crippen molar-refractivity contribution in [1.29, 1.82) is 5.26 Å². The number of hydrogen-bond donors (Lipinski definition) is 1. The number of unbranched alkanes of at least 4 members (excludes halogenated alkanes) is 1. The number of nitriles is 1. The molecule has 0 atom stereocenters. The van der Waals surface area contributed by atoms with E-state index in [1.807, 2.05) is 12.1 Å². The zero-order valence-electron chi connectivity index (χ0n) is 12.8. The van der Waals surface area contributed by atoms with Crippen LogP contribution in [0.4, 0.5) is 0 Å². The zero-order chi connectivity index (χ0) is 14.9. The van der Waals surface area contributed by atoms with E-state index >= 15 is 0 Å². The first-order valence-electron chi connectivity index (χ1n) is 7.78. The SMILES string of the molecule is CN1CCC(NCc2cccc(OCCCC#N)c2)CC1. The molecule has 1 N–H and O–H groups in total. The van der Waals surface area contributed by atoms with E-state index in [1.54, 1.807) is 0 Å². The van der Waals surface area contributed by atoms with Crippen molar-refractivity contribution in [3.05, 3.63) is 29.8 Å². The molecule has 4 heteroatoms. The van der Waals surface area contributed by atoms with Gasteiger partial charge in [-0.05, 0) is 57.1 Å². The van der Waals surface area contributed by atoms with Gasteiger partial charge in [-0.3, -0.25) is 0 Å². The second kappa shape index (κ2) is 8.66. The third-order valence-electron chi connectivity index (χ3n) is 3.91. The summed E-state index contributed by atoms with van der Waals surface area (Å²) in [5.41, 5.74) is 1.26. The van der Waals surface area contributed by atoms with Gasteiger partial charge in [0.05, 0.1) is 12.7 Å². The van der Waals surface area contributed by atoms with E-state index < -0.39 is 0 Å². The van der Waals surface area contributed by atoms with Crippen LogP contribution in [-0.2, 0) is 6.54 Å². The highest BCUT2D eigenvalue weighted by atomic mass is 16.5. The van der Waals surface area contributed by atoms with E-state index in [2.05, 4.69) is 35.5 Å². The Morgan fingerprint density at radius 2 is 2.19 bits per heavy atom. The highest BCUT2D eigenvalue weighted by Gasteiger charge is 2.15. The Morgan fingerprint density at radius 3 is 2.95 bits per heavy atom. The minimum atomic E-state index is 0.553. The summed E-state index contributed by atoms with van der Waals surface area (Å²) >= 11 is 0. The molecule has 1 aliphatic rings. The highest BCUT2D eigenvalue weighted by Crippen LogP contribution is 2.15. The molecule has 1 saturated heterocycles. The molecule has 2 rings (SSSR count). The lowest BCUT2D eigenvalue weighted by Crippen LogP contribution is -2.40. The molecule has 4 nitrogen and oxygen atoms in total. The van der Waals surface area contributed by atoms with Crippen LogP contribution >= 0.6 is 0 Å². The Hall–Kier alpha value is -1.57. The van der Waals surface area contributed by atoms with Crippen LogP contribution in [0.5, 0.6) is 5.75 Å². The maximum absolute atomic E-state index is 8.50. The third-order valence-corrected chi connectivity index (χ3v) is 3.91. The highest BCUT2D eigenvalue weighted by molar-refractivity contribution is 5.28. The van der Waals surface area contributed by atoms with E-state index in [0.29, 0.717) is 19.1 Å². The molecule has 1 heterocycles. The summed E-state index contributed by atoms with van der Waals surface area (Å²) < 4.78 is 5.67. The van der Waals surface area contributed by atoms with Gasteiger partial charge >= 0.3 is 0 Å². The standard InChI is InChI=1S/C17H25N3O/c1-20-10-7-16(8-11-20)19-14-15-5-4-6-17(13-15)21-12-3-2-9-18/h4-6,13,16,19H,2-3,7-8,10-12,14H2,1H3. The summed E-state index contributed by atoms with van der Waals surface area (Å²) in [6, 6.07) is 11.0. The molecule has 1 aliphatic heterocycles. The van der Waals surface area contributed by atoms with E-state index in [1.165, 1.54) is 31.5 Å². The smallest absolute Gasteiger partial charge is 0.119 e. The molecule has 0 amide bonds. The van der Waals surface area contributed by atoms with Gasteiger partial charge in [-0.2, -0.15) is 5.26 Å². The summed E-state index contributed by atoms with van der Waals surface area (Å²) in [5, 5.41) is 12.1. The molecule has 0 radical (unpaired) electrons. The van der Waals surface area contributed by atoms with Crippen molar-refractivity contribution in [3.63, 3.8) is 0 Å². The molecule has 1 fully saturated rings. The van der Waals surface area contributed by atoms with Crippen LogP contribution < -0.4 is 10.1 Å². The fourth-order valence-electron chi connectivity index (χ4n) is 2.56. The summed E-state index contributed by atoms with van der Waals surface area (Å²) in [6.45, 7) is 3.86. The van der Waals surface area contributed by atoms with E-state index in [0.717, 1.165) is 18.7 Å². The van der Waals surface area contributed by atoms with Gasteiger partial charge in [0.15, 0.2) is 0 Å². The van der Waals surface area contributed by atoms with Crippen molar-refractivity contribution < 1.29 is 4.74 Å². The molecule has 1 aromatic carbocycles. The maximum atomic E-state index is 8.50. The maximum Gasteiger partial charge on any atom is 0.119 e. The van der Waals surface area contributed by atoms with Crippen LogP contribution in [0.15, 0.2) is 24.3 Å². The van der Waals surface area contributed by atoms with Crippen LogP contribution in [-0.4, -0.2) is 37.7 Å². The molecular weight excluding hydrogens is 262 g/mol. The third kappa shape index (κ3) is 5.74. The molecule has 114 valence electrons. The lowest BCUT2D eigenvalue weighted by molar-refractivity contribution is 0.234. The van der Waals surface area contributed by atoms with E-state index in [4.69, 9.17) is 10.00 Å². The van der Waals surface area contributed by atoms with Crippen LogP contribution in [0, 0.1) is 11.3 Å². The minimum Gasteiger partial charge on any atom is -0.494 e. The van der Waals surface area contributed by atoms with Crippen molar-refractivity contribution >= 4 is 0 Å². The number of ether oxygens (including phenoxy) is 1. The summed E-state index contributed by atoms with van der Waals surface area (Å²) in [5.74, 6) is 0.899. The van der Waals surface area contributed by atoms with Gasteiger partial charge in [0.2, 0.25) is 0 Å². The fraction of sp³-hybridized carbons (Fsp3) is 0.588. The monoisotopic (exact) mass is 287 g/mol. The normalized spacial score (nSPS) is 16.6. The Bertz CT molecular complexity index is 461. The summed E-state index contributed by atoms with van der Waals surface area (Å²) in [7, 11) is 2.18. The average Bonchev–Trinajstić information content (AvgIpc) is 2.52. The Labute approximate surface area is 127 Å². The van der Waals surface area contributed by atoms with Crippen molar-refractivity contribution in [3.8, 4) is 11.8 Å². The number of nitrogens with one attached hydrogen (secondary N) is 1. The van der Waals surface area contributed by atoms with Gasteiger partial charge in [-0.15, -0.1) is 0 Å². The van der Waals surface area contributed by atoms with Crippen LogP contribution in [0.1, 0.15) is 31.2 Å². The average molecular weight is 287 g/mol. The lowest BCUT2D eigenvalue weighted by atomic mass is 10.1. The van der Waals surface area contributed by atoms with Crippen molar-refractivity contribution in [1.82, 2.24) is 10.2 Å². The van der Waals surface area contributed by atoms with Crippen LogP contribution in [0.25, 0.3) is 0 Å². The largest absolute Gasteiger partial charge is 0.494 e. The summed E-state index contributed by atoms with van der Waals surface area (Å²) in [4.78, 5) is 2.38. The van der Waals surface area contributed by atoms with Crippen LogP contribution in [0.2, 0.25) is 0 Å². The van der Waals surface area contributed by atoms with Crippen molar-refractivity contribution in [2.75, 3.05) is 26.7 Å². The Balaban J connectivity index is 1.74. The topological polar surface area (TPSA) is 48.3 Å². The molecule has 0 unspecified atom stereocenters. The van der Waals surface area contributed by atoms with Crippen molar-refractivity contribution in [2.45, 2.75) is 38.3 Å². The number of benzene rings is 1. The molecule has 21 heavy (non-hydrogen) atoms. The Morgan fingerprint density at radius 1 is 1.38 bits per heavy atom. The molecular formula is C17H25N3O. The molecule has 0 aliphatic carbocycles. The second-order valence-electron chi connectivity index (χ2n) is 5.72. The minimum absolute atomic E-state index is 0.553. The molecule has 1 aromatic rings. The first-order chi connectivity index (χ1) is 10.3. The van der Waals surface area contributed by atoms with Gasteiger partial charge in [0, 0.05) is 19.0 Å². The molecule has 0 bridgehead atoms. The molecule has 0 spiro atoms. The van der Waals surface area contributed by atoms with Gasteiger partial charge in [-0.25, -0.2) is 0 Å². The first-order valence-corrected chi connectivity index (χ1v) is 7.78.